The summed E-state index contributed by atoms with van der Waals surface area (Å²) in [5.41, 5.74) is 3.61. The van der Waals surface area contributed by atoms with Crippen molar-refractivity contribution in [2.24, 2.45) is 10.9 Å². The molecule has 2 aromatic rings. The lowest BCUT2D eigenvalue weighted by atomic mass is 10.1. The van der Waals surface area contributed by atoms with Crippen LogP contribution in [0.5, 0.6) is 5.75 Å². The summed E-state index contributed by atoms with van der Waals surface area (Å²) in [6, 6.07) is 16.9. The zero-order chi connectivity index (χ0) is 19.8. The van der Waals surface area contributed by atoms with Gasteiger partial charge in [0.05, 0.1) is 13.7 Å². The van der Waals surface area contributed by atoms with Gasteiger partial charge in [0.2, 0.25) is 0 Å². The van der Waals surface area contributed by atoms with E-state index < -0.39 is 0 Å². The van der Waals surface area contributed by atoms with Crippen LogP contribution in [0.25, 0.3) is 0 Å². The third-order valence-electron chi connectivity index (χ3n) is 5.16. The van der Waals surface area contributed by atoms with Crippen molar-refractivity contribution < 1.29 is 4.74 Å². The van der Waals surface area contributed by atoms with Gasteiger partial charge in [0, 0.05) is 37.4 Å². The number of aliphatic imine (C=N–C) groups is 1. The maximum absolute atomic E-state index is 5.50. The standard InChI is InChI=1S/C23H32N4O/c1-4-24-23(26-16-20-11-10-18(2)14-22(20)28-3)25-15-19-12-13-27(17-19)21-8-6-5-7-9-21/h5-11,14,19H,4,12-13,15-17H2,1-3H3,(H2,24,25,26). The number of hydrogen-bond donors (Lipinski definition) is 2. The first kappa shape index (κ1) is 20.1. The van der Waals surface area contributed by atoms with E-state index in [1.54, 1.807) is 7.11 Å². The molecule has 1 fully saturated rings. The number of guanidine groups is 1. The van der Waals surface area contributed by atoms with Crippen LogP contribution in [0.2, 0.25) is 0 Å². The molecule has 0 aliphatic carbocycles. The first-order valence-electron chi connectivity index (χ1n) is 10.1. The van der Waals surface area contributed by atoms with Gasteiger partial charge in [-0.1, -0.05) is 30.3 Å². The van der Waals surface area contributed by atoms with Crippen LogP contribution in [0.15, 0.2) is 53.5 Å². The summed E-state index contributed by atoms with van der Waals surface area (Å²) < 4.78 is 5.50. The molecule has 1 aliphatic rings. The molecule has 0 bridgehead atoms. The van der Waals surface area contributed by atoms with E-state index in [-0.39, 0.29) is 0 Å². The molecule has 150 valence electrons. The van der Waals surface area contributed by atoms with Gasteiger partial charge in [-0.15, -0.1) is 0 Å². The van der Waals surface area contributed by atoms with E-state index in [1.807, 2.05) is 0 Å². The Bertz CT molecular complexity index is 775. The molecule has 1 heterocycles. The number of para-hydroxylation sites is 1. The van der Waals surface area contributed by atoms with Gasteiger partial charge in [-0.25, -0.2) is 4.99 Å². The minimum atomic E-state index is 0.597. The Morgan fingerprint density at radius 3 is 2.75 bits per heavy atom. The molecule has 1 unspecified atom stereocenters. The molecule has 28 heavy (non-hydrogen) atoms. The lowest BCUT2D eigenvalue weighted by Gasteiger charge is -2.19. The molecule has 0 saturated carbocycles. The number of aryl methyl sites for hydroxylation is 1. The Morgan fingerprint density at radius 1 is 1.18 bits per heavy atom. The van der Waals surface area contributed by atoms with E-state index in [9.17, 15) is 0 Å². The molecule has 1 aliphatic heterocycles. The molecule has 5 nitrogen and oxygen atoms in total. The molecular weight excluding hydrogens is 348 g/mol. The predicted octanol–water partition coefficient (Wildman–Crippen LogP) is 3.59. The summed E-state index contributed by atoms with van der Waals surface area (Å²) in [5, 5.41) is 6.88. The quantitative estimate of drug-likeness (QED) is 0.569. The first-order valence-corrected chi connectivity index (χ1v) is 10.1. The molecule has 5 heteroatoms. The normalized spacial score (nSPS) is 16.9. The molecule has 0 spiro atoms. The zero-order valence-corrected chi connectivity index (χ0v) is 17.2. The van der Waals surface area contributed by atoms with Crippen LogP contribution in [0.3, 0.4) is 0 Å². The van der Waals surface area contributed by atoms with Crippen LogP contribution in [0.1, 0.15) is 24.5 Å². The number of hydrogen-bond acceptors (Lipinski definition) is 3. The SMILES string of the molecule is CCNC(=NCc1ccc(C)cc1OC)NCC1CCN(c2ccccc2)C1. The Kier molecular flexibility index (Phi) is 7.18. The van der Waals surface area contributed by atoms with Gasteiger partial charge in [-0.05, 0) is 49.9 Å². The molecule has 0 amide bonds. The molecule has 3 rings (SSSR count). The molecule has 0 aromatic heterocycles. The minimum Gasteiger partial charge on any atom is -0.496 e. The van der Waals surface area contributed by atoms with Crippen molar-refractivity contribution in [1.82, 2.24) is 10.6 Å². The van der Waals surface area contributed by atoms with Gasteiger partial charge in [-0.3, -0.25) is 0 Å². The summed E-state index contributed by atoms with van der Waals surface area (Å²) in [6.07, 6.45) is 1.20. The van der Waals surface area contributed by atoms with E-state index in [0.717, 1.165) is 43.5 Å². The number of nitrogens with zero attached hydrogens (tertiary/aromatic N) is 2. The number of anilines is 1. The summed E-state index contributed by atoms with van der Waals surface area (Å²) in [4.78, 5) is 7.23. The van der Waals surface area contributed by atoms with Gasteiger partial charge in [0.25, 0.3) is 0 Å². The smallest absolute Gasteiger partial charge is 0.191 e. The van der Waals surface area contributed by atoms with E-state index in [4.69, 9.17) is 9.73 Å². The number of rotatable bonds is 7. The lowest BCUT2D eigenvalue weighted by Crippen LogP contribution is -2.40. The maximum atomic E-state index is 5.50. The number of nitrogens with one attached hydrogen (secondary N) is 2. The highest BCUT2D eigenvalue weighted by Crippen LogP contribution is 2.23. The van der Waals surface area contributed by atoms with Crippen molar-refractivity contribution in [3.63, 3.8) is 0 Å². The van der Waals surface area contributed by atoms with Crippen LogP contribution >= 0.6 is 0 Å². The van der Waals surface area contributed by atoms with Gasteiger partial charge >= 0.3 is 0 Å². The predicted molar refractivity (Wildman–Crippen MR) is 117 cm³/mol. The lowest BCUT2D eigenvalue weighted by molar-refractivity contribution is 0.409. The van der Waals surface area contributed by atoms with Crippen LogP contribution in [-0.2, 0) is 6.54 Å². The topological polar surface area (TPSA) is 48.9 Å². The van der Waals surface area contributed by atoms with E-state index in [2.05, 4.69) is 77.9 Å². The fraction of sp³-hybridized carbons (Fsp3) is 0.435. The van der Waals surface area contributed by atoms with E-state index >= 15 is 0 Å². The maximum Gasteiger partial charge on any atom is 0.191 e. The third kappa shape index (κ3) is 5.41. The molecule has 2 N–H and O–H groups in total. The average Bonchev–Trinajstić information content (AvgIpc) is 3.20. The highest BCUT2D eigenvalue weighted by molar-refractivity contribution is 5.79. The van der Waals surface area contributed by atoms with Crippen molar-refractivity contribution in [2.75, 3.05) is 38.2 Å². The summed E-state index contributed by atoms with van der Waals surface area (Å²) in [5.74, 6) is 2.38. The summed E-state index contributed by atoms with van der Waals surface area (Å²) in [7, 11) is 1.71. The second-order valence-corrected chi connectivity index (χ2v) is 7.33. The number of methoxy groups -OCH3 is 1. The third-order valence-corrected chi connectivity index (χ3v) is 5.16. The highest BCUT2D eigenvalue weighted by Gasteiger charge is 2.22. The van der Waals surface area contributed by atoms with Gasteiger partial charge in [-0.2, -0.15) is 0 Å². The van der Waals surface area contributed by atoms with Crippen LogP contribution < -0.4 is 20.3 Å². The Hall–Kier alpha value is -2.69. The second-order valence-electron chi connectivity index (χ2n) is 7.33. The van der Waals surface area contributed by atoms with E-state index in [1.165, 1.54) is 17.7 Å². The molecule has 2 aromatic carbocycles. The van der Waals surface area contributed by atoms with Crippen LogP contribution in [-0.4, -0.2) is 39.2 Å². The fourth-order valence-electron chi connectivity index (χ4n) is 3.60. The summed E-state index contributed by atoms with van der Waals surface area (Å²) in [6.45, 7) is 8.74. The van der Waals surface area contributed by atoms with E-state index in [0.29, 0.717) is 12.5 Å². The van der Waals surface area contributed by atoms with Crippen molar-refractivity contribution in [3.05, 3.63) is 59.7 Å². The zero-order valence-electron chi connectivity index (χ0n) is 17.2. The Morgan fingerprint density at radius 2 is 2.00 bits per heavy atom. The van der Waals surface area contributed by atoms with Crippen molar-refractivity contribution >= 4 is 11.6 Å². The Labute approximate surface area is 168 Å². The second kappa shape index (κ2) is 10.0. The van der Waals surface area contributed by atoms with Gasteiger partial charge < -0.3 is 20.3 Å². The molecule has 0 radical (unpaired) electrons. The minimum absolute atomic E-state index is 0.597. The largest absolute Gasteiger partial charge is 0.496 e. The number of ether oxygens (including phenoxy) is 1. The highest BCUT2D eigenvalue weighted by atomic mass is 16.5. The fourth-order valence-corrected chi connectivity index (χ4v) is 3.60. The molecule has 1 saturated heterocycles. The molecule has 1 atom stereocenters. The van der Waals surface area contributed by atoms with Crippen molar-refractivity contribution in [3.8, 4) is 5.75 Å². The Balaban J connectivity index is 1.55. The molecular formula is C23H32N4O. The monoisotopic (exact) mass is 380 g/mol. The van der Waals surface area contributed by atoms with Crippen LogP contribution in [0, 0.1) is 12.8 Å². The van der Waals surface area contributed by atoms with Gasteiger partial charge in [0.1, 0.15) is 5.75 Å². The van der Waals surface area contributed by atoms with Crippen molar-refractivity contribution in [1.29, 1.82) is 0 Å². The number of benzene rings is 2. The van der Waals surface area contributed by atoms with Crippen LogP contribution in [0.4, 0.5) is 5.69 Å². The van der Waals surface area contributed by atoms with Gasteiger partial charge in [0.15, 0.2) is 5.96 Å². The van der Waals surface area contributed by atoms with Crippen molar-refractivity contribution in [2.45, 2.75) is 26.8 Å². The first-order chi connectivity index (χ1) is 13.7. The summed E-state index contributed by atoms with van der Waals surface area (Å²) >= 11 is 0. The average molecular weight is 381 g/mol.